The summed E-state index contributed by atoms with van der Waals surface area (Å²) >= 11 is 3.14. The second-order valence-electron chi connectivity index (χ2n) is 5.42. The topological polar surface area (TPSA) is 70.9 Å². The van der Waals surface area contributed by atoms with E-state index in [4.69, 9.17) is 0 Å². The number of nitrogens with zero attached hydrogens (tertiary/aromatic N) is 4. The van der Waals surface area contributed by atoms with E-state index in [9.17, 15) is 0 Å². The summed E-state index contributed by atoms with van der Waals surface area (Å²) < 4.78 is 2.13. The van der Waals surface area contributed by atoms with Crippen LogP contribution in [0.3, 0.4) is 0 Å². The van der Waals surface area contributed by atoms with Crippen LogP contribution in [0.1, 0.15) is 26.5 Å². The monoisotopic (exact) mass is 308 g/mol. The number of aromatic amines is 1. The minimum atomic E-state index is 0.0638. The smallest absolute Gasteiger partial charge is 0.194 e. The molecule has 6 nitrogen and oxygen atoms in total. The third kappa shape index (κ3) is 2.87. The second-order valence-corrected chi connectivity index (χ2v) is 7.27. The van der Waals surface area contributed by atoms with Crippen molar-refractivity contribution in [2.75, 3.05) is 0 Å². The Morgan fingerprint density at radius 1 is 1.45 bits per heavy atom. The number of fused-ring (bicyclic) bond motifs is 1. The van der Waals surface area contributed by atoms with Crippen LogP contribution in [0, 0.1) is 0 Å². The first kappa shape index (κ1) is 13.6. The lowest BCUT2D eigenvalue weighted by Gasteiger charge is -2.20. The van der Waals surface area contributed by atoms with Crippen LogP contribution < -0.4 is 5.32 Å². The lowest BCUT2D eigenvalue weighted by atomic mass is 10.1. The van der Waals surface area contributed by atoms with Gasteiger partial charge in [-0.05, 0) is 32.5 Å². The molecule has 0 atom stereocenters. The Hall–Kier alpha value is -1.38. The Bertz CT molecular complexity index is 691. The molecular weight excluding hydrogens is 292 g/mol. The molecule has 3 aromatic rings. The summed E-state index contributed by atoms with van der Waals surface area (Å²) in [5.74, 6) is 0. The SMILES string of the molecule is CC(C)(C)NCc1c(Sc2ncn[nH]2)nc2sccn12. The molecule has 0 saturated heterocycles. The van der Waals surface area contributed by atoms with Gasteiger partial charge in [0.1, 0.15) is 11.4 Å². The second kappa shape index (κ2) is 5.19. The van der Waals surface area contributed by atoms with Gasteiger partial charge in [0.15, 0.2) is 10.1 Å². The van der Waals surface area contributed by atoms with E-state index in [1.165, 1.54) is 18.1 Å². The minimum absolute atomic E-state index is 0.0638. The van der Waals surface area contributed by atoms with Gasteiger partial charge >= 0.3 is 0 Å². The number of hydrogen-bond acceptors (Lipinski definition) is 6. The van der Waals surface area contributed by atoms with E-state index >= 15 is 0 Å². The molecule has 0 radical (unpaired) electrons. The van der Waals surface area contributed by atoms with Gasteiger partial charge in [-0.1, -0.05) is 0 Å². The Balaban J connectivity index is 1.92. The highest BCUT2D eigenvalue weighted by Crippen LogP contribution is 2.29. The van der Waals surface area contributed by atoms with E-state index < -0.39 is 0 Å². The van der Waals surface area contributed by atoms with Gasteiger partial charge in [-0.15, -0.1) is 11.3 Å². The van der Waals surface area contributed by atoms with Crippen LogP contribution in [0.15, 0.2) is 28.1 Å². The van der Waals surface area contributed by atoms with Crippen molar-refractivity contribution < 1.29 is 0 Å². The van der Waals surface area contributed by atoms with Crippen molar-refractivity contribution in [3.63, 3.8) is 0 Å². The molecule has 0 fully saturated rings. The van der Waals surface area contributed by atoms with Crippen LogP contribution in [-0.2, 0) is 6.54 Å². The van der Waals surface area contributed by atoms with Gasteiger partial charge in [0.25, 0.3) is 0 Å². The van der Waals surface area contributed by atoms with Crippen LogP contribution in [0.4, 0.5) is 0 Å². The molecule has 0 unspecified atom stereocenters. The zero-order valence-corrected chi connectivity index (χ0v) is 13.2. The van der Waals surface area contributed by atoms with Gasteiger partial charge in [0.2, 0.25) is 0 Å². The number of thiazole rings is 1. The van der Waals surface area contributed by atoms with Crippen LogP contribution in [0.25, 0.3) is 4.96 Å². The molecule has 0 saturated carbocycles. The summed E-state index contributed by atoms with van der Waals surface area (Å²) in [6, 6.07) is 0. The number of H-pyrrole nitrogens is 1. The number of imidazole rings is 1. The standard InChI is InChI=1S/C12H16N6S2/c1-12(2,3)14-6-8-9(20-10-13-7-15-17-10)16-11-18(8)4-5-19-11/h4-5,7,14H,6H2,1-3H3,(H,13,15,17). The predicted molar refractivity (Wildman–Crippen MR) is 80.2 cm³/mol. The Labute approximate surface area is 125 Å². The summed E-state index contributed by atoms with van der Waals surface area (Å²) in [6.45, 7) is 7.23. The zero-order chi connectivity index (χ0) is 14.2. The highest BCUT2D eigenvalue weighted by Gasteiger charge is 2.17. The van der Waals surface area contributed by atoms with E-state index in [0.717, 1.165) is 27.4 Å². The van der Waals surface area contributed by atoms with Crippen molar-refractivity contribution in [3.8, 4) is 0 Å². The predicted octanol–water partition coefficient (Wildman–Crippen LogP) is 2.55. The van der Waals surface area contributed by atoms with Crippen molar-refractivity contribution >= 4 is 28.1 Å². The van der Waals surface area contributed by atoms with Gasteiger partial charge in [-0.2, -0.15) is 5.10 Å². The molecule has 3 heterocycles. The molecule has 8 heteroatoms. The van der Waals surface area contributed by atoms with Crippen molar-refractivity contribution in [2.45, 2.75) is 43.0 Å². The average Bonchev–Trinajstić information content (AvgIpc) is 3.03. The molecule has 0 aliphatic carbocycles. The highest BCUT2D eigenvalue weighted by atomic mass is 32.2. The zero-order valence-electron chi connectivity index (χ0n) is 11.5. The van der Waals surface area contributed by atoms with E-state index in [-0.39, 0.29) is 5.54 Å². The average molecular weight is 308 g/mol. The molecule has 3 rings (SSSR count). The van der Waals surface area contributed by atoms with Crippen molar-refractivity contribution in [3.05, 3.63) is 23.6 Å². The third-order valence-corrected chi connectivity index (χ3v) is 4.36. The molecule has 0 spiro atoms. The molecule has 106 valence electrons. The van der Waals surface area contributed by atoms with E-state index in [1.54, 1.807) is 11.3 Å². The molecule has 0 amide bonds. The Kier molecular flexibility index (Phi) is 3.53. The minimum Gasteiger partial charge on any atom is -0.306 e. The largest absolute Gasteiger partial charge is 0.306 e. The van der Waals surface area contributed by atoms with Crippen molar-refractivity contribution in [1.29, 1.82) is 0 Å². The maximum Gasteiger partial charge on any atom is 0.194 e. The van der Waals surface area contributed by atoms with Crippen molar-refractivity contribution in [2.24, 2.45) is 0 Å². The normalized spacial score (nSPS) is 12.3. The van der Waals surface area contributed by atoms with Crippen LogP contribution in [-0.4, -0.2) is 30.1 Å². The van der Waals surface area contributed by atoms with E-state index in [1.807, 2.05) is 5.38 Å². The fraction of sp³-hybridized carbons (Fsp3) is 0.417. The summed E-state index contributed by atoms with van der Waals surface area (Å²) in [7, 11) is 0. The van der Waals surface area contributed by atoms with E-state index in [0.29, 0.717) is 0 Å². The Morgan fingerprint density at radius 3 is 3.00 bits per heavy atom. The van der Waals surface area contributed by atoms with Gasteiger partial charge in [0.05, 0.1) is 5.69 Å². The number of hydrogen-bond donors (Lipinski definition) is 2. The molecular formula is C12H16N6S2. The summed E-state index contributed by atoms with van der Waals surface area (Å²) in [6.07, 6.45) is 3.56. The molecule has 0 bridgehead atoms. The first-order valence-electron chi connectivity index (χ1n) is 6.25. The van der Waals surface area contributed by atoms with Gasteiger partial charge < -0.3 is 5.32 Å². The number of aromatic nitrogens is 5. The van der Waals surface area contributed by atoms with Crippen LogP contribution in [0.2, 0.25) is 0 Å². The molecule has 2 N–H and O–H groups in total. The summed E-state index contributed by atoms with van der Waals surface area (Å²) in [5, 5.41) is 14.0. The fourth-order valence-corrected chi connectivity index (χ4v) is 3.33. The molecule has 20 heavy (non-hydrogen) atoms. The van der Waals surface area contributed by atoms with E-state index in [2.05, 4.69) is 56.9 Å². The summed E-state index contributed by atoms with van der Waals surface area (Å²) in [4.78, 5) is 9.81. The molecule has 3 aromatic heterocycles. The number of rotatable bonds is 4. The van der Waals surface area contributed by atoms with Gasteiger partial charge in [-0.25, -0.2) is 9.97 Å². The first-order chi connectivity index (χ1) is 9.53. The molecule has 0 aliphatic heterocycles. The summed E-state index contributed by atoms with van der Waals surface area (Å²) in [5.41, 5.74) is 1.21. The quantitative estimate of drug-likeness (QED) is 0.775. The Morgan fingerprint density at radius 2 is 2.30 bits per heavy atom. The van der Waals surface area contributed by atoms with Gasteiger partial charge in [0, 0.05) is 23.7 Å². The third-order valence-electron chi connectivity index (χ3n) is 2.70. The van der Waals surface area contributed by atoms with Crippen molar-refractivity contribution in [1.82, 2.24) is 29.9 Å². The molecule has 0 aromatic carbocycles. The van der Waals surface area contributed by atoms with Crippen LogP contribution >= 0.6 is 23.1 Å². The molecule has 0 aliphatic rings. The van der Waals surface area contributed by atoms with Crippen LogP contribution in [0.5, 0.6) is 0 Å². The van der Waals surface area contributed by atoms with Gasteiger partial charge in [-0.3, -0.25) is 9.50 Å². The lowest BCUT2D eigenvalue weighted by molar-refractivity contribution is 0.418. The highest BCUT2D eigenvalue weighted by molar-refractivity contribution is 7.99. The first-order valence-corrected chi connectivity index (χ1v) is 7.95. The maximum atomic E-state index is 4.66. The fourth-order valence-electron chi connectivity index (χ4n) is 1.74. The maximum absolute atomic E-state index is 4.66. The lowest BCUT2D eigenvalue weighted by Crippen LogP contribution is -2.35. The number of nitrogens with one attached hydrogen (secondary N) is 2.